The van der Waals surface area contributed by atoms with E-state index in [1.54, 1.807) is 10.4 Å². The minimum absolute atomic E-state index is 0.0877. The molecular weight excluding hydrogens is 403 g/mol. The summed E-state index contributed by atoms with van der Waals surface area (Å²) in [5.74, 6) is -0.151. The summed E-state index contributed by atoms with van der Waals surface area (Å²) in [6.45, 7) is 4.83. The summed E-state index contributed by atoms with van der Waals surface area (Å²) < 4.78 is 41.6. The highest BCUT2D eigenvalue weighted by atomic mass is 32.2. The molecule has 2 aliphatic rings. The van der Waals surface area contributed by atoms with Crippen LogP contribution in [0.2, 0.25) is 0 Å². The van der Waals surface area contributed by atoms with Crippen molar-refractivity contribution in [2.75, 3.05) is 13.1 Å². The highest BCUT2D eigenvalue weighted by Gasteiger charge is 2.44. The van der Waals surface area contributed by atoms with Crippen LogP contribution in [-0.4, -0.2) is 48.1 Å². The maximum atomic E-state index is 13.4. The van der Waals surface area contributed by atoms with Gasteiger partial charge in [0.25, 0.3) is 0 Å². The molecule has 0 radical (unpaired) electrons. The van der Waals surface area contributed by atoms with E-state index in [1.807, 2.05) is 38.2 Å². The van der Waals surface area contributed by atoms with E-state index in [4.69, 9.17) is 0 Å². The SMILES string of the molecule is CC1NNC(C)C1S(=O)(=O)N1CCCC(c2ccc(Cc3cccc(F)c3)cn2)C1. The lowest BCUT2D eigenvalue weighted by molar-refractivity contribution is 0.307. The van der Waals surface area contributed by atoms with Crippen molar-refractivity contribution >= 4 is 10.0 Å². The van der Waals surface area contributed by atoms with Crippen LogP contribution >= 0.6 is 0 Å². The summed E-state index contributed by atoms with van der Waals surface area (Å²) in [5, 5.41) is -0.474. The topological polar surface area (TPSA) is 74.3 Å². The lowest BCUT2D eigenvalue weighted by atomic mass is 9.95. The van der Waals surface area contributed by atoms with Crippen molar-refractivity contribution in [2.45, 2.75) is 56.4 Å². The standard InChI is InChI=1S/C22H29FN4O2S/c1-15-22(16(2)26-25-15)30(28,29)27-10-4-6-19(14-27)21-9-8-18(13-24-21)11-17-5-3-7-20(23)12-17/h3,5,7-9,12-13,15-16,19,22,25-26H,4,6,10-11,14H2,1-2H3. The first-order valence-corrected chi connectivity index (χ1v) is 12.0. The van der Waals surface area contributed by atoms with Gasteiger partial charge in [-0.3, -0.25) is 15.8 Å². The molecule has 0 aliphatic carbocycles. The van der Waals surface area contributed by atoms with Crippen molar-refractivity contribution in [3.05, 3.63) is 65.2 Å². The fourth-order valence-electron chi connectivity index (χ4n) is 4.63. The van der Waals surface area contributed by atoms with E-state index in [0.717, 1.165) is 29.7 Å². The maximum Gasteiger partial charge on any atom is 0.220 e. The smallest absolute Gasteiger partial charge is 0.220 e. The number of rotatable bonds is 5. The van der Waals surface area contributed by atoms with Crippen LogP contribution in [0.25, 0.3) is 0 Å². The zero-order valence-corrected chi connectivity index (χ0v) is 18.2. The third-order valence-corrected chi connectivity index (χ3v) is 8.73. The summed E-state index contributed by atoms with van der Waals surface area (Å²) in [4.78, 5) is 4.62. The highest BCUT2D eigenvalue weighted by molar-refractivity contribution is 7.89. The fourth-order valence-corrected chi connectivity index (χ4v) is 6.91. The molecule has 162 valence electrons. The van der Waals surface area contributed by atoms with Gasteiger partial charge in [-0.2, -0.15) is 0 Å². The number of benzene rings is 1. The normalized spacial score (nSPS) is 28.0. The molecule has 4 rings (SSSR count). The zero-order chi connectivity index (χ0) is 21.3. The van der Waals surface area contributed by atoms with Gasteiger partial charge in [-0.1, -0.05) is 18.2 Å². The Labute approximate surface area is 177 Å². The third kappa shape index (κ3) is 4.42. The highest BCUT2D eigenvalue weighted by Crippen LogP contribution is 2.30. The molecule has 2 fully saturated rings. The second-order valence-electron chi connectivity index (χ2n) is 8.47. The van der Waals surface area contributed by atoms with Gasteiger partial charge in [-0.15, -0.1) is 0 Å². The van der Waals surface area contributed by atoms with E-state index >= 15 is 0 Å². The van der Waals surface area contributed by atoms with Crippen LogP contribution in [-0.2, 0) is 16.4 Å². The Kier molecular flexibility index (Phi) is 6.20. The van der Waals surface area contributed by atoms with Crippen LogP contribution in [0.5, 0.6) is 0 Å². The van der Waals surface area contributed by atoms with Gasteiger partial charge in [0.1, 0.15) is 11.1 Å². The van der Waals surface area contributed by atoms with Crippen molar-refractivity contribution in [3.8, 4) is 0 Å². The van der Waals surface area contributed by atoms with E-state index in [0.29, 0.717) is 19.5 Å². The second kappa shape index (κ2) is 8.70. The molecule has 0 amide bonds. The quantitative estimate of drug-likeness (QED) is 0.760. The Morgan fingerprint density at radius 3 is 2.57 bits per heavy atom. The van der Waals surface area contributed by atoms with Gasteiger partial charge in [0, 0.05) is 43.0 Å². The number of nitrogens with one attached hydrogen (secondary N) is 2. The van der Waals surface area contributed by atoms with Gasteiger partial charge < -0.3 is 0 Å². The molecule has 3 unspecified atom stereocenters. The van der Waals surface area contributed by atoms with E-state index < -0.39 is 15.3 Å². The van der Waals surface area contributed by atoms with Gasteiger partial charge in [-0.05, 0) is 62.4 Å². The molecule has 0 bridgehead atoms. The van der Waals surface area contributed by atoms with Gasteiger partial charge in [0.05, 0.1) is 0 Å². The van der Waals surface area contributed by atoms with Crippen LogP contribution in [0.4, 0.5) is 4.39 Å². The number of piperidine rings is 1. The van der Waals surface area contributed by atoms with E-state index in [-0.39, 0.29) is 23.8 Å². The first-order valence-electron chi connectivity index (χ1n) is 10.5. The molecule has 30 heavy (non-hydrogen) atoms. The van der Waals surface area contributed by atoms with Gasteiger partial charge in [-0.25, -0.2) is 17.1 Å². The summed E-state index contributed by atoms with van der Waals surface area (Å²) in [6.07, 6.45) is 4.19. The summed E-state index contributed by atoms with van der Waals surface area (Å²) in [7, 11) is -3.41. The van der Waals surface area contributed by atoms with Crippen molar-refractivity contribution in [2.24, 2.45) is 0 Å². The Bertz CT molecular complexity index is 973. The number of hydrazine groups is 1. The number of halogens is 1. The average molecular weight is 433 g/mol. The Balaban J connectivity index is 1.45. The predicted octanol–water partition coefficient (Wildman–Crippen LogP) is 2.57. The average Bonchev–Trinajstić information content (AvgIpc) is 3.07. The molecule has 0 spiro atoms. The first kappa shape index (κ1) is 21.4. The number of nitrogens with zero attached hydrogens (tertiary/aromatic N) is 2. The zero-order valence-electron chi connectivity index (χ0n) is 17.4. The number of pyridine rings is 1. The Morgan fingerprint density at radius 1 is 1.13 bits per heavy atom. The molecule has 2 aromatic rings. The Hall–Kier alpha value is -1.87. The molecule has 3 heterocycles. The summed E-state index contributed by atoms with van der Waals surface area (Å²) >= 11 is 0. The Morgan fingerprint density at radius 2 is 1.90 bits per heavy atom. The molecule has 3 atom stereocenters. The van der Waals surface area contributed by atoms with Crippen molar-refractivity contribution in [1.29, 1.82) is 0 Å². The molecule has 0 saturated carbocycles. The summed E-state index contributed by atoms with van der Waals surface area (Å²) in [6, 6.07) is 10.3. The molecule has 1 aromatic carbocycles. The van der Waals surface area contributed by atoms with Crippen LogP contribution < -0.4 is 10.9 Å². The van der Waals surface area contributed by atoms with Crippen LogP contribution in [0.3, 0.4) is 0 Å². The van der Waals surface area contributed by atoms with Gasteiger partial charge >= 0.3 is 0 Å². The monoisotopic (exact) mass is 432 g/mol. The number of hydrogen-bond acceptors (Lipinski definition) is 5. The van der Waals surface area contributed by atoms with E-state index in [2.05, 4.69) is 15.8 Å². The van der Waals surface area contributed by atoms with Crippen molar-refractivity contribution < 1.29 is 12.8 Å². The third-order valence-electron chi connectivity index (χ3n) is 6.18. The van der Waals surface area contributed by atoms with E-state index in [1.165, 1.54) is 12.1 Å². The second-order valence-corrected chi connectivity index (χ2v) is 10.6. The predicted molar refractivity (Wildman–Crippen MR) is 115 cm³/mol. The number of aromatic nitrogens is 1. The lowest BCUT2D eigenvalue weighted by Gasteiger charge is -2.34. The van der Waals surface area contributed by atoms with Crippen LogP contribution in [0, 0.1) is 5.82 Å². The summed E-state index contributed by atoms with van der Waals surface area (Å²) in [5.41, 5.74) is 8.92. The van der Waals surface area contributed by atoms with Crippen LogP contribution in [0.15, 0.2) is 42.6 Å². The van der Waals surface area contributed by atoms with Crippen molar-refractivity contribution in [1.82, 2.24) is 20.1 Å². The molecule has 1 aromatic heterocycles. The van der Waals surface area contributed by atoms with Crippen molar-refractivity contribution in [3.63, 3.8) is 0 Å². The lowest BCUT2D eigenvalue weighted by Crippen LogP contribution is -2.49. The van der Waals surface area contributed by atoms with Crippen LogP contribution in [0.1, 0.15) is 49.4 Å². The molecule has 6 nitrogen and oxygen atoms in total. The first-order chi connectivity index (χ1) is 14.3. The number of hydrogen-bond donors (Lipinski definition) is 2. The molecule has 8 heteroatoms. The minimum atomic E-state index is -3.41. The molecular formula is C22H29FN4O2S. The molecule has 2 aliphatic heterocycles. The maximum absolute atomic E-state index is 13.4. The van der Waals surface area contributed by atoms with E-state index in [9.17, 15) is 12.8 Å². The fraction of sp³-hybridized carbons (Fsp3) is 0.500. The molecule has 2 saturated heterocycles. The molecule has 2 N–H and O–H groups in total. The number of sulfonamides is 1. The minimum Gasteiger partial charge on any atom is -0.261 e. The van der Waals surface area contributed by atoms with Gasteiger partial charge in [0.15, 0.2) is 0 Å². The van der Waals surface area contributed by atoms with Gasteiger partial charge in [0.2, 0.25) is 10.0 Å². The largest absolute Gasteiger partial charge is 0.261 e.